The van der Waals surface area contributed by atoms with Crippen LogP contribution in [0.25, 0.3) is 11.5 Å². The maximum Gasteiger partial charge on any atom is 0.257 e. The third-order valence-electron chi connectivity index (χ3n) is 5.14. The number of aromatic nitrogens is 2. The van der Waals surface area contributed by atoms with Crippen LogP contribution in [0.15, 0.2) is 47.0 Å². The van der Waals surface area contributed by atoms with Crippen LogP contribution in [0.5, 0.6) is 11.5 Å². The van der Waals surface area contributed by atoms with Crippen LogP contribution in [0.1, 0.15) is 29.3 Å². The zero-order valence-corrected chi connectivity index (χ0v) is 16.7. The van der Waals surface area contributed by atoms with Crippen molar-refractivity contribution in [1.82, 2.24) is 15.0 Å². The first kappa shape index (κ1) is 19.0. The number of benzene rings is 2. The van der Waals surface area contributed by atoms with Crippen molar-refractivity contribution in [3.63, 3.8) is 0 Å². The van der Waals surface area contributed by atoms with Crippen LogP contribution in [0.3, 0.4) is 0 Å². The number of amides is 1. The van der Waals surface area contributed by atoms with E-state index in [0.717, 1.165) is 28.2 Å². The maximum absolute atomic E-state index is 12.6. The number of aryl methyl sites for hydroxylation is 1. The summed E-state index contributed by atoms with van der Waals surface area (Å²) in [5.74, 6) is 2.45. The van der Waals surface area contributed by atoms with Gasteiger partial charge < -0.3 is 18.9 Å². The number of nitrogens with zero attached hydrogens (tertiary/aromatic N) is 3. The predicted molar refractivity (Wildman–Crippen MR) is 107 cm³/mol. The first-order chi connectivity index (χ1) is 14.1. The average molecular weight is 393 g/mol. The number of hydrogen-bond donors (Lipinski definition) is 0. The molecule has 7 heteroatoms. The summed E-state index contributed by atoms with van der Waals surface area (Å²) in [7, 11) is 3.23. The Morgan fingerprint density at radius 1 is 1.17 bits per heavy atom. The Balaban J connectivity index is 1.50. The van der Waals surface area contributed by atoms with E-state index in [1.807, 2.05) is 49.4 Å². The summed E-state index contributed by atoms with van der Waals surface area (Å²) in [6.07, 6.45) is 0.360. The molecule has 1 saturated heterocycles. The van der Waals surface area contributed by atoms with Crippen molar-refractivity contribution in [3.8, 4) is 23.0 Å². The van der Waals surface area contributed by atoms with E-state index in [0.29, 0.717) is 31.2 Å². The molecule has 1 aliphatic rings. The van der Waals surface area contributed by atoms with Gasteiger partial charge in [-0.1, -0.05) is 22.9 Å². The van der Waals surface area contributed by atoms with Crippen LogP contribution >= 0.6 is 0 Å². The standard InChI is InChI=1S/C22H23N3O4/c1-14-5-4-6-15(9-14)22-23-21(24-29-22)17-11-20(26)25(13-17)12-16-10-18(27-2)7-8-19(16)28-3/h4-10,17H,11-13H2,1-3H3. The van der Waals surface area contributed by atoms with Crippen LogP contribution in [-0.2, 0) is 11.3 Å². The molecular weight excluding hydrogens is 370 g/mol. The largest absolute Gasteiger partial charge is 0.497 e. The predicted octanol–water partition coefficient (Wildman–Crippen LogP) is 3.58. The molecule has 29 heavy (non-hydrogen) atoms. The molecule has 0 radical (unpaired) electrons. The van der Waals surface area contributed by atoms with Crippen molar-refractivity contribution in [2.75, 3.05) is 20.8 Å². The Morgan fingerprint density at radius 2 is 2.03 bits per heavy atom. The van der Waals surface area contributed by atoms with Crippen molar-refractivity contribution in [1.29, 1.82) is 0 Å². The van der Waals surface area contributed by atoms with E-state index < -0.39 is 0 Å². The number of rotatable bonds is 6. The van der Waals surface area contributed by atoms with E-state index in [2.05, 4.69) is 10.1 Å². The minimum atomic E-state index is -0.0959. The first-order valence-electron chi connectivity index (χ1n) is 9.46. The molecule has 0 saturated carbocycles. The van der Waals surface area contributed by atoms with E-state index in [9.17, 15) is 4.79 Å². The fourth-order valence-electron chi connectivity index (χ4n) is 3.61. The zero-order chi connectivity index (χ0) is 20.4. The van der Waals surface area contributed by atoms with Crippen LogP contribution in [0, 0.1) is 6.92 Å². The fraction of sp³-hybridized carbons (Fsp3) is 0.318. The quantitative estimate of drug-likeness (QED) is 0.637. The highest BCUT2D eigenvalue weighted by molar-refractivity contribution is 5.79. The molecule has 0 spiro atoms. The van der Waals surface area contributed by atoms with Gasteiger partial charge in [-0.2, -0.15) is 4.98 Å². The molecular formula is C22H23N3O4. The van der Waals surface area contributed by atoms with Gasteiger partial charge >= 0.3 is 0 Å². The second-order valence-electron chi connectivity index (χ2n) is 7.18. The number of methoxy groups -OCH3 is 2. The fourth-order valence-corrected chi connectivity index (χ4v) is 3.61. The minimum Gasteiger partial charge on any atom is -0.497 e. The van der Waals surface area contributed by atoms with Crippen LogP contribution in [-0.4, -0.2) is 41.7 Å². The van der Waals surface area contributed by atoms with Gasteiger partial charge in [-0.15, -0.1) is 0 Å². The lowest BCUT2D eigenvalue weighted by atomic mass is 10.1. The molecule has 0 N–H and O–H groups in total. The highest BCUT2D eigenvalue weighted by Crippen LogP contribution is 2.32. The van der Waals surface area contributed by atoms with Crippen molar-refractivity contribution < 1.29 is 18.8 Å². The second kappa shape index (κ2) is 7.95. The number of hydrogen-bond acceptors (Lipinski definition) is 6. The Hall–Kier alpha value is -3.35. The monoisotopic (exact) mass is 393 g/mol. The van der Waals surface area contributed by atoms with E-state index in [4.69, 9.17) is 14.0 Å². The summed E-state index contributed by atoms with van der Waals surface area (Å²) >= 11 is 0. The van der Waals surface area contributed by atoms with Crippen LogP contribution in [0.4, 0.5) is 0 Å². The number of likely N-dealkylation sites (tertiary alicyclic amines) is 1. The van der Waals surface area contributed by atoms with Crippen molar-refractivity contribution in [2.45, 2.75) is 25.8 Å². The Bertz CT molecular complexity index is 1030. The lowest BCUT2D eigenvalue weighted by Gasteiger charge is -2.18. The van der Waals surface area contributed by atoms with Gasteiger partial charge in [0.1, 0.15) is 11.5 Å². The van der Waals surface area contributed by atoms with Gasteiger partial charge in [0, 0.05) is 36.6 Å². The highest BCUT2D eigenvalue weighted by Gasteiger charge is 2.34. The highest BCUT2D eigenvalue weighted by atomic mass is 16.5. The smallest absolute Gasteiger partial charge is 0.257 e. The molecule has 3 aromatic rings. The molecule has 1 aliphatic heterocycles. The molecule has 2 aromatic carbocycles. The van der Waals surface area contributed by atoms with Gasteiger partial charge in [-0.05, 0) is 37.3 Å². The second-order valence-corrected chi connectivity index (χ2v) is 7.18. The first-order valence-corrected chi connectivity index (χ1v) is 9.46. The molecule has 7 nitrogen and oxygen atoms in total. The third-order valence-corrected chi connectivity index (χ3v) is 5.14. The van der Waals surface area contributed by atoms with Gasteiger partial charge in [0.05, 0.1) is 14.2 Å². The zero-order valence-electron chi connectivity index (χ0n) is 16.7. The molecule has 1 unspecified atom stereocenters. The van der Waals surface area contributed by atoms with Gasteiger partial charge in [0.15, 0.2) is 5.82 Å². The topological polar surface area (TPSA) is 77.7 Å². The molecule has 2 heterocycles. The molecule has 1 fully saturated rings. The van der Waals surface area contributed by atoms with E-state index in [1.54, 1.807) is 19.1 Å². The number of carbonyl (C=O) groups is 1. The van der Waals surface area contributed by atoms with E-state index in [-0.39, 0.29) is 11.8 Å². The summed E-state index contributed by atoms with van der Waals surface area (Å²) < 4.78 is 16.2. The number of ether oxygens (including phenoxy) is 2. The summed E-state index contributed by atoms with van der Waals surface area (Å²) in [5, 5.41) is 4.13. The summed E-state index contributed by atoms with van der Waals surface area (Å²) in [6.45, 7) is 2.99. The SMILES string of the molecule is COc1ccc(OC)c(CN2CC(c3noc(-c4cccc(C)c4)n3)CC2=O)c1. The average Bonchev–Trinajstić information content (AvgIpc) is 3.35. The molecule has 1 amide bonds. The minimum absolute atomic E-state index is 0.0572. The Labute approximate surface area is 169 Å². The van der Waals surface area contributed by atoms with E-state index in [1.165, 1.54) is 0 Å². The van der Waals surface area contributed by atoms with Crippen molar-refractivity contribution in [2.24, 2.45) is 0 Å². The summed E-state index contributed by atoms with van der Waals surface area (Å²) in [6, 6.07) is 13.5. The summed E-state index contributed by atoms with van der Waals surface area (Å²) in [5.41, 5.74) is 2.90. The number of carbonyl (C=O) groups excluding carboxylic acids is 1. The van der Waals surface area contributed by atoms with Gasteiger partial charge in [-0.3, -0.25) is 4.79 Å². The Morgan fingerprint density at radius 3 is 2.79 bits per heavy atom. The molecule has 0 bridgehead atoms. The van der Waals surface area contributed by atoms with E-state index >= 15 is 0 Å². The molecule has 0 aliphatic carbocycles. The van der Waals surface area contributed by atoms with Gasteiger partial charge in [-0.25, -0.2) is 0 Å². The lowest BCUT2D eigenvalue weighted by Crippen LogP contribution is -2.24. The van der Waals surface area contributed by atoms with Gasteiger partial charge in [0.25, 0.3) is 5.89 Å². The maximum atomic E-state index is 12.6. The lowest BCUT2D eigenvalue weighted by molar-refractivity contribution is -0.128. The molecule has 1 atom stereocenters. The normalized spacial score (nSPS) is 16.3. The Kier molecular flexibility index (Phi) is 5.20. The third kappa shape index (κ3) is 3.94. The van der Waals surface area contributed by atoms with Crippen molar-refractivity contribution in [3.05, 3.63) is 59.4 Å². The molecule has 1 aromatic heterocycles. The summed E-state index contributed by atoms with van der Waals surface area (Å²) in [4.78, 5) is 18.9. The van der Waals surface area contributed by atoms with Crippen LogP contribution < -0.4 is 9.47 Å². The molecule has 150 valence electrons. The van der Waals surface area contributed by atoms with Crippen molar-refractivity contribution >= 4 is 5.91 Å². The molecule has 4 rings (SSSR count). The van der Waals surface area contributed by atoms with Gasteiger partial charge in [0.2, 0.25) is 5.91 Å². The van der Waals surface area contributed by atoms with Crippen LogP contribution in [0.2, 0.25) is 0 Å².